The van der Waals surface area contributed by atoms with Crippen LogP contribution in [0.25, 0.3) is 0 Å². The highest BCUT2D eigenvalue weighted by Gasteiger charge is 2.16. The third-order valence-electron chi connectivity index (χ3n) is 5.02. The van der Waals surface area contributed by atoms with Gasteiger partial charge in [0.2, 0.25) is 0 Å². The van der Waals surface area contributed by atoms with Gasteiger partial charge in [0, 0.05) is 0 Å². The van der Waals surface area contributed by atoms with Gasteiger partial charge in [-0.3, -0.25) is 0 Å². The SMILES string of the molecule is CN1CCC(CCNCCC2CCCCC2)CC1. The van der Waals surface area contributed by atoms with Gasteiger partial charge in [0.1, 0.15) is 0 Å². The molecule has 2 aliphatic rings. The van der Waals surface area contributed by atoms with E-state index in [1.165, 1.54) is 84.0 Å². The van der Waals surface area contributed by atoms with Crippen molar-refractivity contribution in [2.24, 2.45) is 11.8 Å². The smallest absolute Gasteiger partial charge is 0.00191 e. The molecule has 2 heteroatoms. The fourth-order valence-corrected chi connectivity index (χ4v) is 3.56. The molecular formula is C16H32N2. The summed E-state index contributed by atoms with van der Waals surface area (Å²) >= 11 is 0. The molecule has 1 saturated heterocycles. The Balaban J connectivity index is 1.43. The molecule has 1 N–H and O–H groups in total. The van der Waals surface area contributed by atoms with E-state index in [0.29, 0.717) is 0 Å². The van der Waals surface area contributed by atoms with E-state index in [9.17, 15) is 0 Å². The van der Waals surface area contributed by atoms with E-state index in [4.69, 9.17) is 0 Å². The molecule has 0 aromatic rings. The summed E-state index contributed by atoms with van der Waals surface area (Å²) in [5.74, 6) is 2.03. The number of piperidine rings is 1. The van der Waals surface area contributed by atoms with E-state index in [1.54, 1.807) is 0 Å². The Morgan fingerprint density at radius 3 is 2.00 bits per heavy atom. The quantitative estimate of drug-likeness (QED) is 0.730. The van der Waals surface area contributed by atoms with E-state index in [-0.39, 0.29) is 0 Å². The molecule has 1 aliphatic carbocycles. The summed E-state index contributed by atoms with van der Waals surface area (Å²) in [4.78, 5) is 2.47. The standard InChI is InChI=1S/C16H32N2/c1-18-13-9-16(10-14-18)8-12-17-11-7-15-5-3-2-4-6-15/h15-17H,2-14H2,1H3. The zero-order chi connectivity index (χ0) is 12.6. The third kappa shape index (κ3) is 5.27. The highest BCUT2D eigenvalue weighted by Crippen LogP contribution is 2.25. The monoisotopic (exact) mass is 252 g/mol. The second-order valence-corrected chi connectivity index (χ2v) is 6.58. The van der Waals surface area contributed by atoms with Gasteiger partial charge in [-0.25, -0.2) is 0 Å². The van der Waals surface area contributed by atoms with Crippen molar-refractivity contribution in [1.82, 2.24) is 10.2 Å². The Bertz CT molecular complexity index is 203. The van der Waals surface area contributed by atoms with Crippen molar-refractivity contribution < 1.29 is 0 Å². The van der Waals surface area contributed by atoms with Crippen molar-refractivity contribution >= 4 is 0 Å². The minimum Gasteiger partial charge on any atom is -0.317 e. The first kappa shape index (κ1) is 14.3. The predicted octanol–water partition coefficient (Wildman–Crippen LogP) is 3.28. The number of rotatable bonds is 6. The minimum absolute atomic E-state index is 0.989. The van der Waals surface area contributed by atoms with E-state index in [2.05, 4.69) is 17.3 Å². The molecule has 0 bridgehead atoms. The maximum absolute atomic E-state index is 3.68. The maximum atomic E-state index is 3.68. The largest absolute Gasteiger partial charge is 0.317 e. The van der Waals surface area contributed by atoms with Crippen LogP contribution in [0.15, 0.2) is 0 Å². The molecular weight excluding hydrogens is 220 g/mol. The summed E-state index contributed by atoms with van der Waals surface area (Å²) in [5.41, 5.74) is 0. The third-order valence-corrected chi connectivity index (χ3v) is 5.02. The van der Waals surface area contributed by atoms with Gasteiger partial charge in [0.05, 0.1) is 0 Å². The summed E-state index contributed by atoms with van der Waals surface area (Å²) in [7, 11) is 2.25. The van der Waals surface area contributed by atoms with Crippen LogP contribution in [0.1, 0.15) is 57.8 Å². The minimum atomic E-state index is 0.989. The molecule has 106 valence electrons. The lowest BCUT2D eigenvalue weighted by Gasteiger charge is -2.29. The van der Waals surface area contributed by atoms with Crippen LogP contribution >= 0.6 is 0 Å². The van der Waals surface area contributed by atoms with Gasteiger partial charge >= 0.3 is 0 Å². The first-order valence-corrected chi connectivity index (χ1v) is 8.24. The normalized spacial score (nSPS) is 24.5. The number of likely N-dealkylation sites (tertiary alicyclic amines) is 1. The van der Waals surface area contributed by atoms with Gasteiger partial charge in [0.15, 0.2) is 0 Å². The van der Waals surface area contributed by atoms with Gasteiger partial charge in [-0.2, -0.15) is 0 Å². The number of nitrogens with zero attached hydrogens (tertiary/aromatic N) is 1. The van der Waals surface area contributed by atoms with Gasteiger partial charge in [-0.15, -0.1) is 0 Å². The molecule has 0 spiro atoms. The average molecular weight is 252 g/mol. The topological polar surface area (TPSA) is 15.3 Å². The van der Waals surface area contributed by atoms with Crippen molar-refractivity contribution in [2.75, 3.05) is 33.2 Å². The zero-order valence-corrected chi connectivity index (χ0v) is 12.3. The first-order valence-electron chi connectivity index (χ1n) is 8.24. The number of hydrogen-bond donors (Lipinski definition) is 1. The Morgan fingerprint density at radius 2 is 1.39 bits per heavy atom. The van der Waals surface area contributed by atoms with Crippen LogP contribution in [-0.4, -0.2) is 38.1 Å². The highest BCUT2D eigenvalue weighted by atomic mass is 15.1. The Hall–Kier alpha value is -0.0800. The van der Waals surface area contributed by atoms with Crippen molar-refractivity contribution in [3.63, 3.8) is 0 Å². The molecule has 0 amide bonds. The van der Waals surface area contributed by atoms with Gasteiger partial charge < -0.3 is 10.2 Å². The summed E-state index contributed by atoms with van der Waals surface area (Å²) in [6.45, 7) is 5.14. The van der Waals surface area contributed by atoms with Crippen LogP contribution in [0.4, 0.5) is 0 Å². The van der Waals surface area contributed by atoms with Crippen molar-refractivity contribution in [3.05, 3.63) is 0 Å². The van der Waals surface area contributed by atoms with Crippen molar-refractivity contribution in [2.45, 2.75) is 57.8 Å². The van der Waals surface area contributed by atoms with Crippen LogP contribution < -0.4 is 5.32 Å². The molecule has 2 nitrogen and oxygen atoms in total. The van der Waals surface area contributed by atoms with Gasteiger partial charge in [-0.1, -0.05) is 32.1 Å². The molecule has 2 rings (SSSR count). The van der Waals surface area contributed by atoms with Crippen molar-refractivity contribution in [3.8, 4) is 0 Å². The Morgan fingerprint density at radius 1 is 0.833 bits per heavy atom. The molecule has 1 aliphatic heterocycles. The zero-order valence-electron chi connectivity index (χ0n) is 12.3. The van der Waals surface area contributed by atoms with Gasteiger partial charge in [0.25, 0.3) is 0 Å². The molecule has 0 radical (unpaired) electrons. The second kappa shape index (κ2) is 8.16. The fraction of sp³-hybridized carbons (Fsp3) is 1.00. The highest BCUT2D eigenvalue weighted by molar-refractivity contribution is 4.71. The summed E-state index contributed by atoms with van der Waals surface area (Å²) in [6, 6.07) is 0. The average Bonchev–Trinajstić information content (AvgIpc) is 2.42. The Kier molecular flexibility index (Phi) is 6.50. The summed E-state index contributed by atoms with van der Waals surface area (Å²) < 4.78 is 0. The van der Waals surface area contributed by atoms with E-state index >= 15 is 0 Å². The molecule has 18 heavy (non-hydrogen) atoms. The molecule has 0 unspecified atom stereocenters. The molecule has 0 aromatic heterocycles. The van der Waals surface area contributed by atoms with Crippen molar-refractivity contribution in [1.29, 1.82) is 0 Å². The van der Waals surface area contributed by atoms with E-state index < -0.39 is 0 Å². The fourth-order valence-electron chi connectivity index (χ4n) is 3.56. The van der Waals surface area contributed by atoms with Crippen LogP contribution in [0.5, 0.6) is 0 Å². The molecule has 1 heterocycles. The molecule has 1 saturated carbocycles. The predicted molar refractivity (Wildman–Crippen MR) is 78.9 cm³/mol. The number of hydrogen-bond acceptors (Lipinski definition) is 2. The summed E-state index contributed by atoms with van der Waals surface area (Å²) in [6.07, 6.45) is 13.1. The molecule has 2 fully saturated rings. The lowest BCUT2D eigenvalue weighted by molar-refractivity contribution is 0.211. The van der Waals surface area contributed by atoms with Crippen LogP contribution in [-0.2, 0) is 0 Å². The molecule has 0 aromatic carbocycles. The lowest BCUT2D eigenvalue weighted by Crippen LogP contribution is -2.31. The Labute approximate surface area is 114 Å². The summed E-state index contributed by atoms with van der Waals surface area (Å²) in [5, 5.41) is 3.68. The van der Waals surface area contributed by atoms with Crippen LogP contribution in [0, 0.1) is 11.8 Å². The van der Waals surface area contributed by atoms with E-state index in [1.807, 2.05) is 0 Å². The first-order chi connectivity index (χ1) is 8.84. The number of nitrogens with one attached hydrogen (secondary N) is 1. The second-order valence-electron chi connectivity index (χ2n) is 6.58. The van der Waals surface area contributed by atoms with Crippen LogP contribution in [0.2, 0.25) is 0 Å². The van der Waals surface area contributed by atoms with Gasteiger partial charge in [-0.05, 0) is 70.7 Å². The molecule has 0 atom stereocenters. The maximum Gasteiger partial charge on any atom is -0.00191 e. The van der Waals surface area contributed by atoms with E-state index in [0.717, 1.165) is 11.8 Å². The van der Waals surface area contributed by atoms with Crippen LogP contribution in [0.3, 0.4) is 0 Å². The lowest BCUT2D eigenvalue weighted by atomic mass is 9.87.